The quantitative estimate of drug-likeness (QED) is 0.258. The number of carbonyl (C=O) groups is 1. The van der Waals surface area contributed by atoms with Crippen LogP contribution in [0.15, 0.2) is 66.7 Å². The zero-order chi connectivity index (χ0) is 24.3. The molecule has 0 bridgehead atoms. The summed E-state index contributed by atoms with van der Waals surface area (Å²) in [6, 6.07) is 22.1. The normalized spacial score (nSPS) is 11.6. The maximum atomic E-state index is 13.1. The molecule has 2 N–H and O–H groups in total. The van der Waals surface area contributed by atoms with Gasteiger partial charge in [0.25, 0.3) is 0 Å². The van der Waals surface area contributed by atoms with E-state index in [0.717, 1.165) is 40.6 Å². The highest BCUT2D eigenvalue weighted by Crippen LogP contribution is 2.29. The van der Waals surface area contributed by atoms with Gasteiger partial charge < -0.3 is 5.32 Å². The van der Waals surface area contributed by atoms with Crippen molar-refractivity contribution in [2.24, 2.45) is 0 Å². The Bertz CT molecular complexity index is 1300. The van der Waals surface area contributed by atoms with Crippen LogP contribution >= 0.6 is 15.9 Å². The minimum atomic E-state index is -0.299. The first-order chi connectivity index (χ1) is 16.3. The first-order valence-corrected chi connectivity index (χ1v) is 12.7. The van der Waals surface area contributed by atoms with E-state index in [-0.39, 0.29) is 11.4 Å². The average Bonchev–Trinajstić information content (AvgIpc) is 3.23. The smallest absolute Gasteiger partial charge is 0.307 e. The fourth-order valence-electron chi connectivity index (χ4n) is 3.94. The largest absolute Gasteiger partial charge is 0.324 e. The number of anilines is 2. The number of alkyl halides is 1. The molecule has 2 amide bonds. The molecule has 176 valence electrons. The predicted octanol–water partition coefficient (Wildman–Crippen LogP) is 7.60. The van der Waals surface area contributed by atoms with E-state index >= 15 is 0 Å². The number of aryl methyl sites for hydroxylation is 2. The van der Waals surface area contributed by atoms with Crippen LogP contribution in [0.25, 0.3) is 16.5 Å². The lowest BCUT2D eigenvalue weighted by Crippen LogP contribution is -2.21. The van der Waals surface area contributed by atoms with Crippen molar-refractivity contribution in [3.8, 4) is 5.69 Å². The molecule has 0 aliphatic heterocycles. The van der Waals surface area contributed by atoms with Crippen molar-refractivity contribution < 1.29 is 4.79 Å². The summed E-state index contributed by atoms with van der Waals surface area (Å²) in [6.45, 7) is 8.39. The molecule has 3 aromatic carbocycles. The number of fused-ring (bicyclic) bond motifs is 1. The SMILES string of the molecule is Cc1ccc(-n2nc(C(C)(C)C)cc2NC(=O)Nc2ccc(CCCBr)c3ccccc23)cc1. The molecule has 0 aliphatic carbocycles. The number of nitrogens with one attached hydrogen (secondary N) is 2. The van der Waals surface area contributed by atoms with Gasteiger partial charge in [0.2, 0.25) is 0 Å². The van der Waals surface area contributed by atoms with E-state index in [1.165, 1.54) is 16.5 Å². The highest BCUT2D eigenvalue weighted by atomic mass is 79.9. The highest BCUT2D eigenvalue weighted by molar-refractivity contribution is 9.09. The zero-order valence-corrected chi connectivity index (χ0v) is 21.7. The number of urea groups is 1. The highest BCUT2D eigenvalue weighted by Gasteiger charge is 2.21. The van der Waals surface area contributed by atoms with Gasteiger partial charge in [0.1, 0.15) is 5.82 Å². The van der Waals surface area contributed by atoms with Crippen LogP contribution in [-0.2, 0) is 11.8 Å². The van der Waals surface area contributed by atoms with Crippen LogP contribution in [0.1, 0.15) is 44.0 Å². The number of nitrogens with zero attached hydrogens (tertiary/aromatic N) is 2. The Morgan fingerprint density at radius 1 is 0.971 bits per heavy atom. The topological polar surface area (TPSA) is 59.0 Å². The molecule has 0 saturated carbocycles. The Morgan fingerprint density at radius 3 is 2.35 bits per heavy atom. The molecule has 6 heteroatoms. The van der Waals surface area contributed by atoms with Crippen LogP contribution < -0.4 is 10.6 Å². The maximum Gasteiger partial charge on any atom is 0.324 e. The molecule has 0 atom stereocenters. The van der Waals surface area contributed by atoms with Crippen molar-refractivity contribution in [1.29, 1.82) is 0 Å². The van der Waals surface area contributed by atoms with E-state index in [0.29, 0.717) is 5.82 Å². The van der Waals surface area contributed by atoms with E-state index in [1.807, 2.05) is 48.5 Å². The Balaban J connectivity index is 1.63. The molecule has 4 aromatic rings. The Labute approximate surface area is 209 Å². The van der Waals surface area contributed by atoms with Crippen molar-refractivity contribution in [2.45, 2.75) is 46.0 Å². The van der Waals surface area contributed by atoms with E-state index in [9.17, 15) is 4.79 Å². The minimum absolute atomic E-state index is 0.149. The lowest BCUT2D eigenvalue weighted by molar-refractivity contribution is 0.262. The number of halogens is 1. The molecule has 0 spiro atoms. The minimum Gasteiger partial charge on any atom is -0.307 e. The second-order valence-electron chi connectivity index (χ2n) is 9.60. The number of aromatic nitrogens is 2. The van der Waals surface area contributed by atoms with E-state index in [4.69, 9.17) is 5.10 Å². The van der Waals surface area contributed by atoms with E-state index in [2.05, 4.69) is 72.5 Å². The molecule has 0 unspecified atom stereocenters. The molecule has 0 saturated heterocycles. The first kappa shape index (κ1) is 24.0. The van der Waals surface area contributed by atoms with Gasteiger partial charge in [-0.15, -0.1) is 0 Å². The fraction of sp³-hybridized carbons (Fsp3) is 0.286. The van der Waals surface area contributed by atoms with Crippen LogP contribution in [0.3, 0.4) is 0 Å². The molecular weight excluding hydrogens is 488 g/mol. The average molecular weight is 519 g/mol. The van der Waals surface area contributed by atoms with Gasteiger partial charge in [0.15, 0.2) is 0 Å². The second-order valence-corrected chi connectivity index (χ2v) is 10.4. The van der Waals surface area contributed by atoms with Gasteiger partial charge in [-0.2, -0.15) is 5.10 Å². The van der Waals surface area contributed by atoms with Crippen LogP contribution in [0, 0.1) is 6.92 Å². The Hall–Kier alpha value is -3.12. The zero-order valence-electron chi connectivity index (χ0n) is 20.2. The van der Waals surface area contributed by atoms with Crippen LogP contribution in [-0.4, -0.2) is 21.1 Å². The number of hydrogen-bond acceptors (Lipinski definition) is 2. The van der Waals surface area contributed by atoms with Crippen molar-refractivity contribution in [1.82, 2.24) is 9.78 Å². The lowest BCUT2D eigenvalue weighted by atomic mass is 9.92. The van der Waals surface area contributed by atoms with Gasteiger partial charge >= 0.3 is 6.03 Å². The standard InChI is InChI=1S/C28H31BrN4O/c1-19-11-14-21(15-12-19)33-26(18-25(32-33)28(2,3)4)31-27(34)30-24-16-13-20(8-7-17-29)22-9-5-6-10-23(22)24/h5-6,9-16,18H,7-8,17H2,1-4H3,(H2,30,31,34). The maximum absolute atomic E-state index is 13.1. The summed E-state index contributed by atoms with van der Waals surface area (Å²) in [5.74, 6) is 0.629. The first-order valence-electron chi connectivity index (χ1n) is 11.6. The number of rotatable bonds is 6. The number of amides is 2. The third-order valence-electron chi connectivity index (χ3n) is 5.84. The Kier molecular flexibility index (Phi) is 7.08. The van der Waals surface area contributed by atoms with Gasteiger partial charge in [0.05, 0.1) is 17.1 Å². The van der Waals surface area contributed by atoms with Crippen molar-refractivity contribution in [2.75, 3.05) is 16.0 Å². The molecular formula is C28H31BrN4O. The van der Waals surface area contributed by atoms with Gasteiger partial charge in [-0.3, -0.25) is 5.32 Å². The fourth-order valence-corrected chi connectivity index (χ4v) is 4.22. The molecule has 4 rings (SSSR count). The lowest BCUT2D eigenvalue weighted by Gasteiger charge is -2.14. The van der Waals surface area contributed by atoms with Gasteiger partial charge in [0, 0.05) is 22.2 Å². The second kappa shape index (κ2) is 10.0. The van der Waals surface area contributed by atoms with Crippen molar-refractivity contribution in [3.63, 3.8) is 0 Å². The molecule has 0 aliphatic rings. The van der Waals surface area contributed by atoms with Crippen molar-refractivity contribution >= 4 is 44.2 Å². The summed E-state index contributed by atoms with van der Waals surface area (Å²) in [6.07, 6.45) is 2.06. The molecule has 34 heavy (non-hydrogen) atoms. The number of hydrogen-bond donors (Lipinski definition) is 2. The number of benzene rings is 3. The van der Waals surface area contributed by atoms with E-state index in [1.54, 1.807) is 4.68 Å². The van der Waals surface area contributed by atoms with Crippen LogP contribution in [0.2, 0.25) is 0 Å². The third-order valence-corrected chi connectivity index (χ3v) is 6.40. The van der Waals surface area contributed by atoms with Crippen LogP contribution in [0.4, 0.5) is 16.3 Å². The third kappa shape index (κ3) is 5.33. The monoisotopic (exact) mass is 518 g/mol. The van der Waals surface area contributed by atoms with E-state index < -0.39 is 0 Å². The number of carbonyl (C=O) groups excluding carboxylic acids is 1. The molecule has 1 aromatic heterocycles. The summed E-state index contributed by atoms with van der Waals surface area (Å²) < 4.78 is 1.79. The summed E-state index contributed by atoms with van der Waals surface area (Å²) in [4.78, 5) is 13.1. The van der Waals surface area contributed by atoms with Gasteiger partial charge in [-0.05, 0) is 48.9 Å². The van der Waals surface area contributed by atoms with Gasteiger partial charge in [-0.25, -0.2) is 9.48 Å². The van der Waals surface area contributed by atoms with Crippen LogP contribution in [0.5, 0.6) is 0 Å². The Morgan fingerprint density at radius 2 is 1.68 bits per heavy atom. The molecule has 0 radical (unpaired) electrons. The van der Waals surface area contributed by atoms with Crippen molar-refractivity contribution in [3.05, 3.63) is 83.6 Å². The molecule has 1 heterocycles. The molecule has 0 fully saturated rings. The van der Waals surface area contributed by atoms with Gasteiger partial charge in [-0.1, -0.05) is 84.7 Å². The summed E-state index contributed by atoms with van der Waals surface area (Å²) in [5, 5.41) is 14.0. The summed E-state index contributed by atoms with van der Waals surface area (Å²) in [7, 11) is 0. The predicted molar refractivity (Wildman–Crippen MR) is 146 cm³/mol. The molecule has 5 nitrogen and oxygen atoms in total. The summed E-state index contributed by atoms with van der Waals surface area (Å²) >= 11 is 3.52. The summed E-state index contributed by atoms with van der Waals surface area (Å²) in [5.41, 5.74) is 4.90.